The van der Waals surface area contributed by atoms with Crippen LogP contribution in [0, 0.1) is 0 Å². The molecule has 0 atom stereocenters. The van der Waals surface area contributed by atoms with Gasteiger partial charge in [0.1, 0.15) is 5.75 Å². The molecule has 1 aliphatic rings. The van der Waals surface area contributed by atoms with Crippen LogP contribution in [0.3, 0.4) is 0 Å². The first-order valence-corrected chi connectivity index (χ1v) is 9.30. The standard InChI is InChI=1S/C22H27NO4/c1-22(2,3)17-7-9-18(10-8-17)25-12-4-5-21(24)23-14-16-6-11-19-20(13-16)27-15-26-19/h6-11,13H,4-5,12,14-15H2,1-3H3,(H,23,24). The molecule has 0 saturated heterocycles. The van der Waals surface area contributed by atoms with Crippen LogP contribution in [0.2, 0.25) is 0 Å². The van der Waals surface area contributed by atoms with Crippen LogP contribution in [-0.2, 0) is 16.8 Å². The van der Waals surface area contributed by atoms with Gasteiger partial charge in [-0.05, 0) is 47.2 Å². The van der Waals surface area contributed by atoms with Crippen molar-refractivity contribution in [3.63, 3.8) is 0 Å². The van der Waals surface area contributed by atoms with Gasteiger partial charge in [-0.3, -0.25) is 4.79 Å². The predicted molar refractivity (Wildman–Crippen MR) is 104 cm³/mol. The molecule has 1 N–H and O–H groups in total. The van der Waals surface area contributed by atoms with E-state index in [4.69, 9.17) is 14.2 Å². The molecule has 0 fully saturated rings. The summed E-state index contributed by atoms with van der Waals surface area (Å²) in [6.45, 7) is 7.81. The number of nitrogens with one attached hydrogen (secondary N) is 1. The van der Waals surface area contributed by atoms with Gasteiger partial charge in [0, 0.05) is 13.0 Å². The maximum atomic E-state index is 12.0. The lowest BCUT2D eigenvalue weighted by atomic mass is 9.87. The number of carbonyl (C=O) groups excluding carboxylic acids is 1. The minimum absolute atomic E-state index is 0.0133. The van der Waals surface area contributed by atoms with Crippen molar-refractivity contribution in [3.8, 4) is 17.2 Å². The second-order valence-corrected chi connectivity index (χ2v) is 7.69. The lowest BCUT2D eigenvalue weighted by Gasteiger charge is -2.19. The zero-order chi connectivity index (χ0) is 19.3. The zero-order valence-electron chi connectivity index (χ0n) is 16.2. The molecular formula is C22H27NO4. The van der Waals surface area contributed by atoms with Crippen molar-refractivity contribution in [2.45, 2.75) is 45.6 Å². The first-order chi connectivity index (χ1) is 12.9. The summed E-state index contributed by atoms with van der Waals surface area (Å²) in [5.74, 6) is 2.33. The molecule has 27 heavy (non-hydrogen) atoms. The van der Waals surface area contributed by atoms with Gasteiger partial charge in [-0.1, -0.05) is 39.0 Å². The highest BCUT2D eigenvalue weighted by atomic mass is 16.7. The van der Waals surface area contributed by atoms with Gasteiger partial charge >= 0.3 is 0 Å². The Morgan fingerprint density at radius 1 is 1.07 bits per heavy atom. The number of fused-ring (bicyclic) bond motifs is 1. The molecule has 1 amide bonds. The smallest absolute Gasteiger partial charge is 0.231 e. The molecule has 0 aromatic heterocycles. The van der Waals surface area contributed by atoms with E-state index in [-0.39, 0.29) is 18.1 Å². The highest BCUT2D eigenvalue weighted by Crippen LogP contribution is 2.32. The highest BCUT2D eigenvalue weighted by Gasteiger charge is 2.14. The van der Waals surface area contributed by atoms with E-state index in [1.54, 1.807) is 0 Å². The maximum Gasteiger partial charge on any atom is 0.231 e. The van der Waals surface area contributed by atoms with E-state index in [9.17, 15) is 4.79 Å². The first-order valence-electron chi connectivity index (χ1n) is 9.30. The van der Waals surface area contributed by atoms with Crippen LogP contribution in [0.4, 0.5) is 0 Å². The van der Waals surface area contributed by atoms with Gasteiger partial charge in [0.2, 0.25) is 12.7 Å². The van der Waals surface area contributed by atoms with Crippen molar-refractivity contribution in [2.75, 3.05) is 13.4 Å². The lowest BCUT2D eigenvalue weighted by molar-refractivity contribution is -0.121. The monoisotopic (exact) mass is 369 g/mol. The molecule has 0 aliphatic carbocycles. The van der Waals surface area contributed by atoms with E-state index in [0.29, 0.717) is 26.0 Å². The predicted octanol–water partition coefficient (Wildman–Crippen LogP) is 4.19. The summed E-state index contributed by atoms with van der Waals surface area (Å²) in [5, 5.41) is 2.92. The molecule has 0 saturated carbocycles. The van der Waals surface area contributed by atoms with E-state index < -0.39 is 0 Å². The third-order valence-corrected chi connectivity index (χ3v) is 4.46. The van der Waals surface area contributed by atoms with Crippen LogP contribution < -0.4 is 19.5 Å². The number of rotatable bonds is 7. The lowest BCUT2D eigenvalue weighted by Crippen LogP contribution is -2.22. The molecule has 5 nitrogen and oxygen atoms in total. The van der Waals surface area contributed by atoms with Gasteiger partial charge in [-0.15, -0.1) is 0 Å². The van der Waals surface area contributed by atoms with Gasteiger partial charge < -0.3 is 19.5 Å². The Morgan fingerprint density at radius 3 is 2.56 bits per heavy atom. The summed E-state index contributed by atoms with van der Waals surface area (Å²) < 4.78 is 16.3. The van der Waals surface area contributed by atoms with Crippen LogP contribution in [-0.4, -0.2) is 19.3 Å². The SMILES string of the molecule is CC(C)(C)c1ccc(OCCCC(=O)NCc2ccc3c(c2)OCO3)cc1. The molecule has 1 heterocycles. The fraction of sp³-hybridized carbons (Fsp3) is 0.409. The minimum Gasteiger partial charge on any atom is -0.494 e. The molecule has 3 rings (SSSR count). The van der Waals surface area contributed by atoms with E-state index in [1.807, 2.05) is 30.3 Å². The van der Waals surface area contributed by atoms with Crippen molar-refractivity contribution >= 4 is 5.91 Å². The van der Waals surface area contributed by atoms with Gasteiger partial charge in [0.15, 0.2) is 11.5 Å². The molecule has 1 aliphatic heterocycles. The largest absolute Gasteiger partial charge is 0.494 e. The number of amides is 1. The number of carbonyl (C=O) groups is 1. The van der Waals surface area contributed by atoms with E-state index in [0.717, 1.165) is 22.8 Å². The molecule has 5 heteroatoms. The molecule has 144 valence electrons. The number of benzene rings is 2. The van der Waals surface area contributed by atoms with Crippen molar-refractivity contribution < 1.29 is 19.0 Å². The normalized spacial score (nSPS) is 12.7. The second-order valence-electron chi connectivity index (χ2n) is 7.69. The van der Waals surface area contributed by atoms with Crippen LogP contribution >= 0.6 is 0 Å². The molecule has 2 aromatic rings. The summed E-state index contributed by atoms with van der Waals surface area (Å²) in [5.41, 5.74) is 2.40. The molecule has 0 unspecified atom stereocenters. The van der Waals surface area contributed by atoms with Crippen molar-refractivity contribution in [1.82, 2.24) is 5.32 Å². The third-order valence-electron chi connectivity index (χ3n) is 4.46. The Labute approximate surface area is 160 Å². The highest BCUT2D eigenvalue weighted by molar-refractivity contribution is 5.75. The Hall–Kier alpha value is -2.69. The minimum atomic E-state index is 0.0133. The molecular weight excluding hydrogens is 342 g/mol. The Kier molecular flexibility index (Phi) is 5.89. The van der Waals surface area contributed by atoms with E-state index in [1.165, 1.54) is 5.56 Å². The van der Waals surface area contributed by atoms with Crippen LogP contribution in [0.1, 0.15) is 44.7 Å². The first kappa shape index (κ1) is 19.1. The van der Waals surface area contributed by atoms with Gasteiger partial charge in [0.05, 0.1) is 6.61 Å². The summed E-state index contributed by atoms with van der Waals surface area (Å²) in [4.78, 5) is 12.0. The van der Waals surface area contributed by atoms with Crippen molar-refractivity contribution in [1.29, 1.82) is 0 Å². The Bertz CT molecular complexity index is 778. The maximum absolute atomic E-state index is 12.0. The molecule has 0 radical (unpaired) electrons. The average Bonchev–Trinajstić information content (AvgIpc) is 3.11. The zero-order valence-corrected chi connectivity index (χ0v) is 16.2. The molecule has 2 aromatic carbocycles. The van der Waals surface area contributed by atoms with Gasteiger partial charge in [-0.25, -0.2) is 0 Å². The topological polar surface area (TPSA) is 56.8 Å². The molecule has 0 bridgehead atoms. The quantitative estimate of drug-likeness (QED) is 0.744. The fourth-order valence-corrected chi connectivity index (χ4v) is 2.81. The van der Waals surface area contributed by atoms with Gasteiger partial charge in [0.25, 0.3) is 0 Å². The average molecular weight is 369 g/mol. The number of hydrogen-bond donors (Lipinski definition) is 1. The van der Waals surface area contributed by atoms with Crippen molar-refractivity contribution in [3.05, 3.63) is 53.6 Å². The third kappa shape index (κ3) is 5.39. The Balaban J connectivity index is 1.35. The number of ether oxygens (including phenoxy) is 3. The van der Waals surface area contributed by atoms with Gasteiger partial charge in [-0.2, -0.15) is 0 Å². The Morgan fingerprint density at radius 2 is 1.81 bits per heavy atom. The van der Waals surface area contributed by atoms with Crippen LogP contribution in [0.15, 0.2) is 42.5 Å². The molecule has 0 spiro atoms. The number of hydrogen-bond acceptors (Lipinski definition) is 4. The summed E-state index contributed by atoms with van der Waals surface area (Å²) >= 11 is 0. The fourth-order valence-electron chi connectivity index (χ4n) is 2.81. The van der Waals surface area contributed by atoms with E-state index in [2.05, 4.69) is 38.2 Å². The van der Waals surface area contributed by atoms with Crippen LogP contribution in [0.5, 0.6) is 17.2 Å². The summed E-state index contributed by atoms with van der Waals surface area (Å²) in [6, 6.07) is 13.8. The van der Waals surface area contributed by atoms with E-state index >= 15 is 0 Å². The van der Waals surface area contributed by atoms with Crippen molar-refractivity contribution in [2.24, 2.45) is 0 Å². The summed E-state index contributed by atoms with van der Waals surface area (Å²) in [6.07, 6.45) is 1.11. The van der Waals surface area contributed by atoms with Crippen LogP contribution in [0.25, 0.3) is 0 Å². The second kappa shape index (κ2) is 8.33. The summed E-state index contributed by atoms with van der Waals surface area (Å²) in [7, 11) is 0.